The first-order valence-corrected chi connectivity index (χ1v) is 11.2. The van der Waals surface area contributed by atoms with E-state index < -0.39 is 0 Å². The number of carbonyl (C=O) groups excluding carboxylic acids is 1. The second kappa shape index (κ2) is 10.2. The minimum atomic E-state index is -0.238. The first-order chi connectivity index (χ1) is 13.5. The van der Waals surface area contributed by atoms with Gasteiger partial charge in [0.25, 0.3) is 5.91 Å². The molecule has 4 nitrogen and oxygen atoms in total. The van der Waals surface area contributed by atoms with Crippen molar-refractivity contribution in [2.24, 2.45) is 5.92 Å². The Labute approximate surface area is 172 Å². The van der Waals surface area contributed by atoms with Crippen molar-refractivity contribution in [3.8, 4) is 0 Å². The van der Waals surface area contributed by atoms with Crippen LogP contribution in [-0.4, -0.2) is 59.6 Å². The maximum atomic E-state index is 13.0. The minimum absolute atomic E-state index is 0.132. The van der Waals surface area contributed by atoms with E-state index in [0.717, 1.165) is 50.2 Å². The highest BCUT2D eigenvalue weighted by atomic mass is 32.1. The van der Waals surface area contributed by atoms with Gasteiger partial charge in [0.15, 0.2) is 0 Å². The summed E-state index contributed by atoms with van der Waals surface area (Å²) >= 11 is 1.52. The maximum Gasteiger partial charge on any atom is 0.263 e. The Morgan fingerprint density at radius 3 is 2.54 bits per heavy atom. The zero-order valence-electron chi connectivity index (χ0n) is 17.0. The van der Waals surface area contributed by atoms with Crippen molar-refractivity contribution in [1.82, 2.24) is 9.80 Å². The molecule has 0 bridgehead atoms. The summed E-state index contributed by atoms with van der Waals surface area (Å²) < 4.78 is 0. The zero-order valence-corrected chi connectivity index (χ0v) is 17.8. The summed E-state index contributed by atoms with van der Waals surface area (Å²) in [5, 5.41) is 11.5. The molecule has 1 saturated heterocycles. The molecule has 2 aromatic rings. The monoisotopic (exact) mass is 400 g/mol. The molecule has 2 atom stereocenters. The molecule has 3 rings (SSSR count). The molecular weight excluding hydrogens is 368 g/mol. The fourth-order valence-corrected chi connectivity index (χ4v) is 4.84. The van der Waals surface area contributed by atoms with Gasteiger partial charge in [-0.05, 0) is 68.6 Å². The van der Waals surface area contributed by atoms with E-state index in [1.807, 2.05) is 42.5 Å². The van der Waals surface area contributed by atoms with Crippen molar-refractivity contribution in [3.05, 3.63) is 58.3 Å². The number of nitrogens with zero attached hydrogens (tertiary/aromatic N) is 2. The molecule has 1 amide bonds. The lowest BCUT2D eigenvalue weighted by Gasteiger charge is -2.40. The molecule has 1 aliphatic heterocycles. The van der Waals surface area contributed by atoms with Gasteiger partial charge >= 0.3 is 0 Å². The standard InChI is InChI=1S/C23H32N2O2S/c1-18(26)10-13-25-14-11-20(12-15-25)21(17-19-7-4-3-5-8-19)24(2)23(27)22-9-6-16-28-22/h3-9,16,18,20-21,26H,10-15,17H2,1-2H3. The Morgan fingerprint density at radius 2 is 1.93 bits per heavy atom. The van der Waals surface area contributed by atoms with Crippen molar-refractivity contribution in [2.45, 2.75) is 44.8 Å². The Balaban J connectivity index is 1.69. The van der Waals surface area contributed by atoms with Gasteiger partial charge in [-0.1, -0.05) is 36.4 Å². The van der Waals surface area contributed by atoms with Crippen molar-refractivity contribution in [3.63, 3.8) is 0 Å². The van der Waals surface area contributed by atoms with Crippen LogP contribution in [0.2, 0.25) is 0 Å². The van der Waals surface area contributed by atoms with Crippen LogP contribution in [0.25, 0.3) is 0 Å². The number of thiophene rings is 1. The van der Waals surface area contributed by atoms with E-state index in [1.54, 1.807) is 0 Å². The van der Waals surface area contributed by atoms with Crippen LogP contribution in [0.1, 0.15) is 41.4 Å². The summed E-state index contributed by atoms with van der Waals surface area (Å²) in [4.78, 5) is 18.3. The molecule has 1 fully saturated rings. The SMILES string of the molecule is CC(O)CCN1CCC(C(Cc2ccccc2)N(C)C(=O)c2cccs2)CC1. The minimum Gasteiger partial charge on any atom is -0.393 e. The Morgan fingerprint density at radius 1 is 1.21 bits per heavy atom. The van der Waals surface area contributed by atoms with E-state index in [0.29, 0.717) is 5.92 Å². The molecule has 1 aliphatic rings. The predicted molar refractivity (Wildman–Crippen MR) is 116 cm³/mol. The van der Waals surface area contributed by atoms with Gasteiger partial charge in [0.2, 0.25) is 0 Å². The maximum absolute atomic E-state index is 13.0. The highest BCUT2D eigenvalue weighted by Gasteiger charge is 2.32. The summed E-state index contributed by atoms with van der Waals surface area (Å²) in [5.74, 6) is 0.629. The van der Waals surface area contributed by atoms with Crippen LogP contribution < -0.4 is 0 Å². The van der Waals surface area contributed by atoms with Gasteiger partial charge in [0.1, 0.15) is 0 Å². The first kappa shape index (κ1) is 21.0. The van der Waals surface area contributed by atoms with Crippen molar-refractivity contribution in [1.29, 1.82) is 0 Å². The Bertz CT molecular complexity index is 709. The second-order valence-electron chi connectivity index (χ2n) is 7.97. The summed E-state index contributed by atoms with van der Waals surface area (Å²) in [6.07, 6.45) is 3.68. The van der Waals surface area contributed by atoms with Crippen LogP contribution >= 0.6 is 11.3 Å². The average molecular weight is 401 g/mol. The van der Waals surface area contributed by atoms with Gasteiger partial charge in [-0.15, -0.1) is 11.3 Å². The van der Waals surface area contributed by atoms with E-state index in [-0.39, 0.29) is 18.1 Å². The molecule has 2 heterocycles. The van der Waals surface area contributed by atoms with Crippen molar-refractivity contribution in [2.75, 3.05) is 26.7 Å². The van der Waals surface area contributed by atoms with Crippen LogP contribution in [-0.2, 0) is 6.42 Å². The number of piperidine rings is 1. The quantitative estimate of drug-likeness (QED) is 0.731. The number of benzene rings is 1. The molecule has 0 saturated carbocycles. The average Bonchev–Trinajstić information content (AvgIpc) is 3.25. The summed E-state index contributed by atoms with van der Waals surface area (Å²) in [5.41, 5.74) is 1.29. The van der Waals surface area contributed by atoms with Crippen LogP contribution in [0, 0.1) is 5.92 Å². The van der Waals surface area contributed by atoms with Crippen LogP contribution in [0.3, 0.4) is 0 Å². The third-order valence-electron chi connectivity index (χ3n) is 5.88. The number of rotatable bonds is 8. The smallest absolute Gasteiger partial charge is 0.263 e. The Hall–Kier alpha value is -1.69. The summed E-state index contributed by atoms with van der Waals surface area (Å²) in [6.45, 7) is 4.90. The van der Waals surface area contributed by atoms with E-state index in [4.69, 9.17) is 0 Å². The van der Waals surface area contributed by atoms with Crippen molar-refractivity contribution < 1.29 is 9.90 Å². The predicted octanol–water partition coefficient (Wildman–Crippen LogP) is 3.91. The number of likely N-dealkylation sites (N-methyl/N-ethyl adjacent to an activating group) is 1. The number of hydrogen-bond acceptors (Lipinski definition) is 4. The fraction of sp³-hybridized carbons (Fsp3) is 0.522. The lowest BCUT2D eigenvalue weighted by atomic mass is 9.84. The van der Waals surface area contributed by atoms with Gasteiger partial charge in [-0.25, -0.2) is 0 Å². The van der Waals surface area contributed by atoms with Crippen LogP contribution in [0.15, 0.2) is 47.8 Å². The highest BCUT2D eigenvalue weighted by molar-refractivity contribution is 7.12. The Kier molecular flexibility index (Phi) is 7.65. The lowest BCUT2D eigenvalue weighted by Crippen LogP contribution is -2.47. The molecule has 28 heavy (non-hydrogen) atoms. The number of amides is 1. The second-order valence-corrected chi connectivity index (χ2v) is 8.91. The topological polar surface area (TPSA) is 43.8 Å². The highest BCUT2D eigenvalue weighted by Crippen LogP contribution is 2.28. The van der Waals surface area contributed by atoms with E-state index in [9.17, 15) is 9.90 Å². The zero-order chi connectivity index (χ0) is 19.9. The van der Waals surface area contributed by atoms with Crippen molar-refractivity contribution >= 4 is 17.2 Å². The number of aliphatic hydroxyl groups is 1. The van der Waals surface area contributed by atoms with Crippen LogP contribution in [0.5, 0.6) is 0 Å². The third-order valence-corrected chi connectivity index (χ3v) is 6.73. The largest absolute Gasteiger partial charge is 0.393 e. The van der Waals surface area contributed by atoms with Gasteiger partial charge in [-0.3, -0.25) is 4.79 Å². The molecule has 0 spiro atoms. The van der Waals surface area contributed by atoms with Gasteiger partial charge < -0.3 is 14.9 Å². The summed E-state index contributed by atoms with van der Waals surface area (Å²) in [6, 6.07) is 14.6. The van der Waals surface area contributed by atoms with E-state index >= 15 is 0 Å². The van der Waals surface area contributed by atoms with Gasteiger partial charge in [0.05, 0.1) is 11.0 Å². The molecule has 1 aromatic heterocycles. The first-order valence-electron chi connectivity index (χ1n) is 10.3. The lowest BCUT2D eigenvalue weighted by molar-refractivity contribution is 0.0579. The fourth-order valence-electron chi connectivity index (χ4n) is 4.13. The molecular formula is C23H32N2O2S. The molecule has 0 aliphatic carbocycles. The van der Waals surface area contributed by atoms with Crippen LogP contribution in [0.4, 0.5) is 0 Å². The number of likely N-dealkylation sites (tertiary alicyclic amines) is 1. The number of carbonyl (C=O) groups is 1. The molecule has 0 radical (unpaired) electrons. The van der Waals surface area contributed by atoms with Gasteiger partial charge in [-0.2, -0.15) is 0 Å². The molecule has 1 N–H and O–H groups in total. The van der Waals surface area contributed by atoms with Gasteiger partial charge in [0, 0.05) is 19.6 Å². The summed E-state index contributed by atoms with van der Waals surface area (Å²) in [7, 11) is 1.97. The molecule has 152 valence electrons. The number of aliphatic hydroxyl groups excluding tert-OH is 1. The molecule has 1 aromatic carbocycles. The molecule has 5 heteroatoms. The van der Waals surface area contributed by atoms with E-state index in [1.165, 1.54) is 16.9 Å². The normalized spacial score (nSPS) is 18.0. The third kappa shape index (κ3) is 5.66. The molecule has 2 unspecified atom stereocenters. The number of hydrogen-bond donors (Lipinski definition) is 1. The van der Waals surface area contributed by atoms with E-state index in [2.05, 4.69) is 29.2 Å².